The lowest BCUT2D eigenvalue weighted by molar-refractivity contribution is -0.160. The fraction of sp³-hybridized carbons (Fsp3) is 0.700. The number of morpholine rings is 1. The monoisotopic (exact) mass is 242 g/mol. The standard InChI is InChI=1S/C10H14N2O5/c11-7(13)6-5-17-4-3-12(6)8(14)10(1-2-10)9(15)16/h6H,1-5H2,(H2,11,13)(H,15,16). The molecule has 2 amide bonds. The molecule has 1 unspecified atom stereocenters. The van der Waals surface area contributed by atoms with Crippen LogP contribution in [0.5, 0.6) is 0 Å². The Hall–Kier alpha value is -1.63. The van der Waals surface area contributed by atoms with E-state index in [9.17, 15) is 14.4 Å². The van der Waals surface area contributed by atoms with Crippen molar-refractivity contribution in [1.29, 1.82) is 0 Å². The fourth-order valence-electron chi connectivity index (χ4n) is 2.00. The third-order valence-electron chi connectivity index (χ3n) is 3.29. The topological polar surface area (TPSA) is 110 Å². The van der Waals surface area contributed by atoms with Gasteiger partial charge in [-0.05, 0) is 12.8 Å². The van der Waals surface area contributed by atoms with Crippen molar-refractivity contribution in [1.82, 2.24) is 4.90 Å². The number of hydrogen-bond donors (Lipinski definition) is 2. The van der Waals surface area contributed by atoms with Crippen molar-refractivity contribution in [3.8, 4) is 0 Å². The van der Waals surface area contributed by atoms with E-state index in [0.717, 1.165) is 0 Å². The van der Waals surface area contributed by atoms with Gasteiger partial charge in [0.05, 0.1) is 13.2 Å². The molecule has 1 aliphatic carbocycles. The highest BCUT2D eigenvalue weighted by Crippen LogP contribution is 2.47. The third kappa shape index (κ3) is 1.86. The van der Waals surface area contributed by atoms with Gasteiger partial charge in [-0.2, -0.15) is 0 Å². The first-order chi connectivity index (χ1) is 7.99. The molecule has 1 atom stereocenters. The summed E-state index contributed by atoms with van der Waals surface area (Å²) in [6.45, 7) is 0.545. The second-order valence-corrected chi connectivity index (χ2v) is 4.38. The Morgan fingerprint density at radius 2 is 2.00 bits per heavy atom. The maximum atomic E-state index is 12.1. The third-order valence-corrected chi connectivity index (χ3v) is 3.29. The average molecular weight is 242 g/mol. The lowest BCUT2D eigenvalue weighted by Gasteiger charge is -2.35. The van der Waals surface area contributed by atoms with Gasteiger partial charge in [-0.3, -0.25) is 14.4 Å². The number of nitrogens with two attached hydrogens (primary N) is 1. The maximum absolute atomic E-state index is 12.1. The molecular weight excluding hydrogens is 228 g/mol. The number of primary amides is 1. The van der Waals surface area contributed by atoms with Crippen LogP contribution in [0.2, 0.25) is 0 Å². The van der Waals surface area contributed by atoms with E-state index in [4.69, 9.17) is 15.6 Å². The van der Waals surface area contributed by atoms with Crippen LogP contribution >= 0.6 is 0 Å². The summed E-state index contributed by atoms with van der Waals surface area (Å²) in [5.41, 5.74) is 3.85. The Morgan fingerprint density at radius 3 is 2.47 bits per heavy atom. The number of rotatable bonds is 3. The summed E-state index contributed by atoms with van der Waals surface area (Å²) in [6.07, 6.45) is 0.647. The number of carboxylic acids is 1. The van der Waals surface area contributed by atoms with Crippen LogP contribution in [-0.4, -0.2) is 53.6 Å². The normalized spacial score (nSPS) is 26.4. The molecule has 2 fully saturated rings. The van der Waals surface area contributed by atoms with Crippen LogP contribution in [0.15, 0.2) is 0 Å². The molecule has 1 saturated heterocycles. The van der Waals surface area contributed by atoms with E-state index in [1.54, 1.807) is 0 Å². The Balaban J connectivity index is 2.17. The molecule has 17 heavy (non-hydrogen) atoms. The van der Waals surface area contributed by atoms with Crippen molar-refractivity contribution >= 4 is 17.8 Å². The zero-order valence-corrected chi connectivity index (χ0v) is 9.22. The quantitative estimate of drug-likeness (QED) is 0.589. The van der Waals surface area contributed by atoms with E-state index >= 15 is 0 Å². The van der Waals surface area contributed by atoms with Gasteiger partial charge in [-0.25, -0.2) is 0 Å². The van der Waals surface area contributed by atoms with Gasteiger partial charge in [0, 0.05) is 6.54 Å². The molecule has 1 saturated carbocycles. The van der Waals surface area contributed by atoms with Crippen LogP contribution in [0.4, 0.5) is 0 Å². The maximum Gasteiger partial charge on any atom is 0.319 e. The van der Waals surface area contributed by atoms with Crippen molar-refractivity contribution in [2.75, 3.05) is 19.8 Å². The summed E-state index contributed by atoms with van der Waals surface area (Å²) < 4.78 is 5.08. The Bertz CT molecular complexity index is 377. The minimum absolute atomic E-state index is 0.0385. The van der Waals surface area contributed by atoms with Gasteiger partial charge >= 0.3 is 5.97 Å². The SMILES string of the molecule is NC(=O)C1COCCN1C(=O)C1(C(=O)O)CC1. The van der Waals surface area contributed by atoms with Crippen LogP contribution in [0, 0.1) is 5.41 Å². The predicted molar refractivity (Wildman–Crippen MR) is 54.8 cm³/mol. The van der Waals surface area contributed by atoms with E-state index in [1.807, 2.05) is 0 Å². The largest absolute Gasteiger partial charge is 0.480 e. The number of ether oxygens (including phenoxy) is 1. The number of carboxylic acid groups (broad SMARTS) is 1. The second-order valence-electron chi connectivity index (χ2n) is 4.38. The van der Waals surface area contributed by atoms with E-state index in [-0.39, 0.29) is 13.2 Å². The highest BCUT2D eigenvalue weighted by Gasteiger charge is 2.59. The van der Waals surface area contributed by atoms with Crippen LogP contribution in [-0.2, 0) is 19.1 Å². The van der Waals surface area contributed by atoms with Gasteiger partial charge in [0.1, 0.15) is 11.5 Å². The molecule has 0 bridgehead atoms. The van der Waals surface area contributed by atoms with Gasteiger partial charge in [-0.15, -0.1) is 0 Å². The molecule has 1 aliphatic heterocycles. The summed E-state index contributed by atoms with van der Waals surface area (Å²) in [7, 11) is 0. The Labute approximate surface area is 97.5 Å². The van der Waals surface area contributed by atoms with Gasteiger partial charge in [0.25, 0.3) is 0 Å². The van der Waals surface area contributed by atoms with E-state index in [0.29, 0.717) is 19.4 Å². The molecule has 94 valence electrons. The molecule has 0 aromatic rings. The lowest BCUT2D eigenvalue weighted by atomic mass is 10.0. The number of aliphatic carboxylic acids is 1. The number of amides is 2. The summed E-state index contributed by atoms with van der Waals surface area (Å²) in [6, 6.07) is -0.854. The molecule has 2 rings (SSSR count). The van der Waals surface area contributed by atoms with Crippen LogP contribution < -0.4 is 5.73 Å². The van der Waals surface area contributed by atoms with Gasteiger partial charge in [-0.1, -0.05) is 0 Å². The van der Waals surface area contributed by atoms with Gasteiger partial charge in [0.2, 0.25) is 11.8 Å². The molecule has 0 aromatic carbocycles. The second kappa shape index (κ2) is 3.99. The van der Waals surface area contributed by atoms with Gasteiger partial charge < -0.3 is 20.5 Å². The highest BCUT2D eigenvalue weighted by atomic mass is 16.5. The smallest absolute Gasteiger partial charge is 0.319 e. The van der Waals surface area contributed by atoms with Crippen molar-refractivity contribution in [3.63, 3.8) is 0 Å². The van der Waals surface area contributed by atoms with Crippen molar-refractivity contribution < 1.29 is 24.2 Å². The fourth-order valence-corrected chi connectivity index (χ4v) is 2.00. The van der Waals surface area contributed by atoms with E-state index in [2.05, 4.69) is 0 Å². The van der Waals surface area contributed by atoms with E-state index in [1.165, 1.54) is 4.90 Å². The van der Waals surface area contributed by atoms with Crippen LogP contribution in [0.1, 0.15) is 12.8 Å². The first kappa shape index (κ1) is 11.8. The number of hydrogen-bond acceptors (Lipinski definition) is 4. The summed E-state index contributed by atoms with van der Waals surface area (Å²) in [5.74, 6) is -2.31. The minimum atomic E-state index is -1.33. The molecule has 0 spiro atoms. The van der Waals surface area contributed by atoms with E-state index < -0.39 is 29.2 Å². The molecular formula is C10H14N2O5. The minimum Gasteiger partial charge on any atom is -0.480 e. The number of carbonyl (C=O) groups is 3. The molecule has 2 aliphatic rings. The highest BCUT2D eigenvalue weighted by molar-refractivity contribution is 6.06. The number of carbonyl (C=O) groups excluding carboxylic acids is 2. The molecule has 0 radical (unpaired) electrons. The lowest BCUT2D eigenvalue weighted by Crippen LogP contribution is -2.57. The van der Waals surface area contributed by atoms with Crippen molar-refractivity contribution in [3.05, 3.63) is 0 Å². The summed E-state index contributed by atoms with van der Waals surface area (Å²) in [5, 5.41) is 9.03. The first-order valence-electron chi connectivity index (χ1n) is 5.40. The molecule has 3 N–H and O–H groups in total. The molecule has 0 aromatic heterocycles. The predicted octanol–water partition coefficient (Wildman–Crippen LogP) is -1.44. The van der Waals surface area contributed by atoms with Crippen LogP contribution in [0.25, 0.3) is 0 Å². The summed E-state index contributed by atoms with van der Waals surface area (Å²) in [4.78, 5) is 35.6. The summed E-state index contributed by atoms with van der Waals surface area (Å²) >= 11 is 0. The average Bonchev–Trinajstić information content (AvgIpc) is 3.09. The van der Waals surface area contributed by atoms with Crippen molar-refractivity contribution in [2.24, 2.45) is 11.1 Å². The Kier molecular flexibility index (Phi) is 2.78. The zero-order chi connectivity index (χ0) is 12.6. The van der Waals surface area contributed by atoms with Crippen LogP contribution in [0.3, 0.4) is 0 Å². The zero-order valence-electron chi connectivity index (χ0n) is 9.22. The van der Waals surface area contributed by atoms with Gasteiger partial charge in [0.15, 0.2) is 0 Å². The molecule has 7 nitrogen and oxygen atoms in total. The van der Waals surface area contributed by atoms with Crippen molar-refractivity contribution in [2.45, 2.75) is 18.9 Å². The Morgan fingerprint density at radius 1 is 1.35 bits per heavy atom. The molecule has 1 heterocycles. The molecule has 7 heteroatoms. The number of nitrogens with zero attached hydrogens (tertiary/aromatic N) is 1. The first-order valence-corrected chi connectivity index (χ1v) is 5.40.